The van der Waals surface area contributed by atoms with Crippen LogP contribution in [-0.4, -0.2) is 36.4 Å². The van der Waals surface area contributed by atoms with E-state index >= 15 is 0 Å². The van der Waals surface area contributed by atoms with Gasteiger partial charge in [0, 0.05) is 18.7 Å². The summed E-state index contributed by atoms with van der Waals surface area (Å²) in [6.07, 6.45) is 5.42. The number of hydrogen-bond acceptors (Lipinski definition) is 6. The van der Waals surface area contributed by atoms with Crippen molar-refractivity contribution in [2.45, 2.75) is 32.2 Å². The van der Waals surface area contributed by atoms with Crippen molar-refractivity contribution in [2.24, 2.45) is 5.92 Å². The van der Waals surface area contributed by atoms with Gasteiger partial charge < -0.3 is 15.5 Å². The van der Waals surface area contributed by atoms with Crippen LogP contribution < -0.4 is 5.32 Å². The molecule has 0 aromatic rings. The molecule has 0 saturated heterocycles. The fraction of sp³-hybridized carbons (Fsp3) is 0.538. The van der Waals surface area contributed by atoms with Gasteiger partial charge in [-0.25, -0.2) is 4.79 Å². The highest BCUT2D eigenvalue weighted by molar-refractivity contribution is 6.38. The third-order valence-electron chi connectivity index (χ3n) is 2.97. The van der Waals surface area contributed by atoms with E-state index in [4.69, 9.17) is 5.41 Å². The summed E-state index contributed by atoms with van der Waals surface area (Å²) in [7, 11) is 0. The molecule has 1 aliphatic rings. The molecule has 0 heterocycles. The second-order valence-corrected chi connectivity index (χ2v) is 4.27. The van der Waals surface area contributed by atoms with E-state index in [0.717, 1.165) is 6.21 Å². The van der Waals surface area contributed by atoms with Gasteiger partial charge in [0.2, 0.25) is 0 Å². The lowest BCUT2D eigenvalue weighted by atomic mass is 9.82. The van der Waals surface area contributed by atoms with Crippen LogP contribution in [-0.2, 0) is 19.1 Å². The minimum Gasteiger partial charge on any atom is -0.460 e. The van der Waals surface area contributed by atoms with Crippen LogP contribution in [0.5, 0.6) is 0 Å². The van der Waals surface area contributed by atoms with E-state index < -0.39 is 17.7 Å². The molecule has 0 amide bonds. The number of hydrogen-bond donors (Lipinski definition) is 2. The maximum Gasteiger partial charge on any atom is 0.375 e. The number of ether oxygens (including phenoxy) is 1. The molecule has 6 heteroatoms. The average molecular weight is 266 g/mol. The van der Waals surface area contributed by atoms with Crippen molar-refractivity contribution in [3.8, 4) is 0 Å². The number of carbonyl (C=O) groups is 3. The van der Waals surface area contributed by atoms with Crippen LogP contribution in [0.4, 0.5) is 0 Å². The van der Waals surface area contributed by atoms with Crippen LogP contribution in [0.25, 0.3) is 0 Å². The van der Waals surface area contributed by atoms with E-state index in [0.29, 0.717) is 12.8 Å². The largest absolute Gasteiger partial charge is 0.460 e. The van der Waals surface area contributed by atoms with Gasteiger partial charge in [0.05, 0.1) is 12.5 Å². The lowest BCUT2D eigenvalue weighted by Gasteiger charge is -2.26. The van der Waals surface area contributed by atoms with Crippen molar-refractivity contribution < 1.29 is 19.1 Å². The van der Waals surface area contributed by atoms with E-state index in [-0.39, 0.29) is 24.9 Å². The highest BCUT2D eigenvalue weighted by Crippen LogP contribution is 2.22. The van der Waals surface area contributed by atoms with Crippen LogP contribution in [0.15, 0.2) is 12.3 Å². The molecule has 0 aromatic heterocycles. The quantitative estimate of drug-likeness (QED) is 0.318. The molecule has 0 aromatic carbocycles. The zero-order valence-corrected chi connectivity index (χ0v) is 10.8. The number of carbonyl (C=O) groups excluding carboxylic acids is 3. The third-order valence-corrected chi connectivity index (χ3v) is 2.97. The predicted octanol–water partition coefficient (Wildman–Crippen LogP) is 0.609. The van der Waals surface area contributed by atoms with E-state index in [1.54, 1.807) is 13.1 Å². The van der Waals surface area contributed by atoms with Gasteiger partial charge in [-0.2, -0.15) is 0 Å². The Kier molecular flexibility index (Phi) is 5.92. The molecule has 0 aliphatic heterocycles. The summed E-state index contributed by atoms with van der Waals surface area (Å²) in [5, 5.41) is 9.85. The predicted molar refractivity (Wildman–Crippen MR) is 68.8 cm³/mol. The summed E-state index contributed by atoms with van der Waals surface area (Å²) >= 11 is 0. The SMILES string of the molecule is CCOC(=O)C(=O)C1CC(N/C=C\C=N)CCC1=O. The molecule has 1 rings (SSSR count). The van der Waals surface area contributed by atoms with Crippen molar-refractivity contribution in [1.82, 2.24) is 5.32 Å². The smallest absolute Gasteiger partial charge is 0.375 e. The molecule has 19 heavy (non-hydrogen) atoms. The van der Waals surface area contributed by atoms with Crippen molar-refractivity contribution >= 4 is 23.8 Å². The molecule has 1 aliphatic carbocycles. The van der Waals surface area contributed by atoms with Crippen molar-refractivity contribution in [3.05, 3.63) is 12.3 Å². The topological polar surface area (TPSA) is 96.3 Å². The van der Waals surface area contributed by atoms with Gasteiger partial charge in [-0.1, -0.05) is 0 Å². The zero-order chi connectivity index (χ0) is 14.3. The molecule has 0 spiro atoms. The van der Waals surface area contributed by atoms with Gasteiger partial charge in [0.15, 0.2) is 0 Å². The van der Waals surface area contributed by atoms with Gasteiger partial charge in [0.25, 0.3) is 5.78 Å². The fourth-order valence-corrected chi connectivity index (χ4v) is 2.01. The number of rotatable bonds is 6. The first-order valence-corrected chi connectivity index (χ1v) is 6.25. The molecule has 2 N–H and O–H groups in total. The van der Waals surface area contributed by atoms with E-state index in [2.05, 4.69) is 10.1 Å². The number of allylic oxidation sites excluding steroid dienone is 1. The van der Waals surface area contributed by atoms with E-state index in [1.807, 2.05) is 0 Å². The standard InChI is InChI=1S/C13H18N2O4/c1-2-19-13(18)12(17)10-8-9(4-5-11(10)16)15-7-3-6-14/h3,6-7,9-10,14-15H,2,4-5,8H2,1H3/b7-3-,14-6?. The lowest BCUT2D eigenvalue weighted by Crippen LogP contribution is -2.41. The minimum atomic E-state index is -0.934. The molecule has 0 bridgehead atoms. The molecule has 2 atom stereocenters. The maximum absolute atomic E-state index is 11.8. The van der Waals surface area contributed by atoms with Crippen LogP contribution in [0.2, 0.25) is 0 Å². The molecule has 6 nitrogen and oxygen atoms in total. The first-order chi connectivity index (χ1) is 9.10. The summed E-state index contributed by atoms with van der Waals surface area (Å²) < 4.78 is 4.63. The second kappa shape index (κ2) is 7.45. The molecule has 0 radical (unpaired) electrons. The summed E-state index contributed by atoms with van der Waals surface area (Å²) in [6.45, 7) is 1.73. The van der Waals surface area contributed by atoms with Crippen LogP contribution >= 0.6 is 0 Å². The fourth-order valence-electron chi connectivity index (χ4n) is 2.01. The molecule has 1 fully saturated rings. The number of ketones is 2. The summed E-state index contributed by atoms with van der Waals surface area (Å²) in [6, 6.07) is -0.0442. The molecule has 2 unspecified atom stereocenters. The van der Waals surface area contributed by atoms with Gasteiger partial charge in [-0.3, -0.25) is 9.59 Å². The van der Waals surface area contributed by atoms with Gasteiger partial charge in [-0.05, 0) is 32.0 Å². The van der Waals surface area contributed by atoms with Gasteiger partial charge in [-0.15, -0.1) is 0 Å². The number of esters is 1. The number of Topliss-reactive ketones (excluding diaryl/α,β-unsaturated/α-hetero) is 2. The van der Waals surface area contributed by atoms with Crippen molar-refractivity contribution in [1.29, 1.82) is 5.41 Å². The Labute approximate surface area is 111 Å². The monoisotopic (exact) mass is 266 g/mol. The molecule has 1 saturated carbocycles. The molecular formula is C13H18N2O4. The molecular weight excluding hydrogens is 248 g/mol. The van der Waals surface area contributed by atoms with Crippen LogP contribution in [0.1, 0.15) is 26.2 Å². The van der Waals surface area contributed by atoms with Crippen molar-refractivity contribution in [3.63, 3.8) is 0 Å². The Morgan fingerprint density at radius 3 is 2.89 bits per heavy atom. The summed E-state index contributed by atoms with van der Waals surface area (Å²) in [5.74, 6) is -2.79. The van der Waals surface area contributed by atoms with Crippen LogP contribution in [0, 0.1) is 11.3 Å². The maximum atomic E-state index is 11.8. The Morgan fingerprint density at radius 2 is 2.26 bits per heavy atom. The Hall–Kier alpha value is -1.98. The first-order valence-electron chi connectivity index (χ1n) is 6.25. The zero-order valence-electron chi connectivity index (χ0n) is 10.8. The normalized spacial score (nSPS) is 23.1. The van der Waals surface area contributed by atoms with E-state index in [9.17, 15) is 14.4 Å². The van der Waals surface area contributed by atoms with Gasteiger partial charge in [0.1, 0.15) is 5.78 Å². The second-order valence-electron chi connectivity index (χ2n) is 4.27. The average Bonchev–Trinajstić information content (AvgIpc) is 2.40. The lowest BCUT2D eigenvalue weighted by molar-refractivity contribution is -0.157. The highest BCUT2D eigenvalue weighted by Gasteiger charge is 2.37. The van der Waals surface area contributed by atoms with Crippen LogP contribution in [0.3, 0.4) is 0 Å². The Balaban J connectivity index is 2.62. The first kappa shape index (κ1) is 15.1. The molecule has 104 valence electrons. The van der Waals surface area contributed by atoms with E-state index in [1.165, 1.54) is 6.08 Å². The number of nitrogens with one attached hydrogen (secondary N) is 2. The summed E-state index contributed by atoms with van der Waals surface area (Å²) in [5.41, 5.74) is 0. The van der Waals surface area contributed by atoms with Crippen molar-refractivity contribution in [2.75, 3.05) is 6.61 Å². The summed E-state index contributed by atoms with van der Waals surface area (Å²) in [4.78, 5) is 34.9. The highest BCUT2D eigenvalue weighted by atomic mass is 16.5. The minimum absolute atomic E-state index is 0.0442. The Bertz CT molecular complexity index is 403. The van der Waals surface area contributed by atoms with Gasteiger partial charge >= 0.3 is 5.97 Å². The Morgan fingerprint density at radius 1 is 1.53 bits per heavy atom. The third kappa shape index (κ3) is 4.31.